The van der Waals surface area contributed by atoms with Gasteiger partial charge in [0.1, 0.15) is 18.5 Å². The Morgan fingerprint density at radius 1 is 1.22 bits per heavy atom. The van der Waals surface area contributed by atoms with E-state index in [-0.39, 0.29) is 5.69 Å². The largest absolute Gasteiger partial charge is 0.388 e. The summed E-state index contributed by atoms with van der Waals surface area (Å²) in [5, 5.41) is 39.8. The van der Waals surface area contributed by atoms with Crippen molar-refractivity contribution in [3.8, 4) is 0 Å². The number of rotatable bonds is 5. The lowest BCUT2D eigenvalue weighted by molar-refractivity contribution is -0.384. The molecule has 14 heteroatoms. The van der Waals surface area contributed by atoms with Gasteiger partial charge in [-0.25, -0.2) is 15.0 Å². The van der Waals surface area contributed by atoms with E-state index in [2.05, 4.69) is 20.4 Å². The number of nitro groups is 1. The van der Waals surface area contributed by atoms with Gasteiger partial charge in [-0.05, 0) is 24.5 Å². The molecule has 0 radical (unpaired) electrons. The molecule has 4 aromatic rings. The van der Waals surface area contributed by atoms with Crippen LogP contribution in [0.1, 0.15) is 24.3 Å². The number of aliphatic hydroxyl groups is 2. The minimum absolute atomic E-state index is 0.0423. The van der Waals surface area contributed by atoms with Crippen molar-refractivity contribution in [2.45, 2.75) is 44.4 Å². The van der Waals surface area contributed by atoms with Gasteiger partial charge in [-0.1, -0.05) is 6.07 Å². The maximum absolute atomic E-state index is 11.3. The van der Waals surface area contributed by atoms with Crippen molar-refractivity contribution >= 4 is 34.3 Å². The Hall–Kier alpha value is -4.14. The van der Waals surface area contributed by atoms with E-state index in [0.29, 0.717) is 48.1 Å². The molecule has 3 aromatic heterocycles. The fraction of sp³-hybridized carbons (Fsp3) is 0.391. The molecule has 0 aliphatic carbocycles. The monoisotopic (exact) mass is 507 g/mol. The zero-order valence-electron chi connectivity index (χ0n) is 20.1. The Labute approximate surface area is 210 Å². The highest BCUT2D eigenvalue weighted by Crippen LogP contribution is 2.37. The summed E-state index contributed by atoms with van der Waals surface area (Å²) in [5.74, 6) is 0.888. The van der Waals surface area contributed by atoms with Gasteiger partial charge in [-0.15, -0.1) is 0 Å². The number of nitro benzene ring substituents is 1. The van der Waals surface area contributed by atoms with Crippen molar-refractivity contribution in [1.82, 2.24) is 29.3 Å². The average molecular weight is 508 g/mol. The number of nitrogens with one attached hydrogen (secondary N) is 1. The van der Waals surface area contributed by atoms with Gasteiger partial charge in [0, 0.05) is 38.5 Å². The molecule has 192 valence electrons. The second kappa shape index (κ2) is 8.76. The molecule has 2 aliphatic heterocycles. The summed E-state index contributed by atoms with van der Waals surface area (Å²) in [5.41, 5.74) is 3.49. The Morgan fingerprint density at radius 3 is 2.76 bits per heavy atom. The first-order valence-corrected chi connectivity index (χ1v) is 11.8. The Morgan fingerprint density at radius 2 is 2.05 bits per heavy atom. The summed E-state index contributed by atoms with van der Waals surface area (Å²) in [4.78, 5) is 26.7. The van der Waals surface area contributed by atoms with Crippen LogP contribution >= 0.6 is 0 Å². The van der Waals surface area contributed by atoms with Gasteiger partial charge in [0.15, 0.2) is 23.2 Å². The smallest absolute Gasteiger partial charge is 0.269 e. The molecule has 3 N–H and O–H groups in total. The van der Waals surface area contributed by atoms with E-state index >= 15 is 0 Å². The summed E-state index contributed by atoms with van der Waals surface area (Å²) < 4.78 is 9.17. The number of non-ortho nitro benzene ring substituents is 1. The quantitative estimate of drug-likeness (QED) is 0.264. The van der Waals surface area contributed by atoms with E-state index in [1.807, 2.05) is 4.90 Å². The number of hydrogen-bond donors (Lipinski definition) is 3. The Kier molecular flexibility index (Phi) is 5.51. The normalized spacial score (nSPS) is 23.4. The first-order chi connectivity index (χ1) is 17.8. The molecule has 0 bridgehead atoms. The summed E-state index contributed by atoms with van der Waals surface area (Å²) >= 11 is 0. The lowest BCUT2D eigenvalue weighted by Crippen LogP contribution is -2.31. The molecule has 5 heterocycles. The lowest BCUT2D eigenvalue weighted by atomic mass is 9.99. The SMILES string of the molecule is C[C@H]1OC(n2c(Nc3cnn(C)c3)nc3c(N4CCc5ccc([N+](=O)[O-])cc5C4)ncnc32)[C@H](O)[C@@H]1O. The van der Waals surface area contributed by atoms with Crippen LogP contribution in [-0.2, 0) is 24.8 Å². The van der Waals surface area contributed by atoms with Crippen LogP contribution in [0.3, 0.4) is 0 Å². The molecule has 1 unspecified atom stereocenters. The zero-order valence-corrected chi connectivity index (χ0v) is 20.1. The minimum Gasteiger partial charge on any atom is -0.388 e. The fourth-order valence-electron chi connectivity index (χ4n) is 4.95. The Bertz CT molecular complexity index is 1500. The standard InChI is InChI=1S/C23H25N9O5/c1-12-18(33)19(34)22(37-12)31-21-17(28-23(31)27-15-8-26-29(2)10-15)20(24-11-25-21)30-6-5-13-3-4-16(32(35)36)7-14(13)9-30/h3-4,7-8,10-12,18-19,22,33-34H,5-6,9H2,1-2H3,(H,27,28)/t12-,18-,19-,22?/m1/s1. The third-order valence-electron chi connectivity index (χ3n) is 6.86. The van der Waals surface area contributed by atoms with E-state index in [9.17, 15) is 20.3 Å². The lowest BCUT2D eigenvalue weighted by Gasteiger charge is -2.29. The number of anilines is 3. The van der Waals surface area contributed by atoms with Gasteiger partial charge in [0.2, 0.25) is 5.95 Å². The number of aliphatic hydroxyl groups excluding tert-OH is 2. The number of ether oxygens (including phenoxy) is 1. The third-order valence-corrected chi connectivity index (χ3v) is 6.86. The molecule has 2 aliphatic rings. The zero-order chi connectivity index (χ0) is 25.8. The highest BCUT2D eigenvalue weighted by atomic mass is 16.6. The molecule has 1 aromatic carbocycles. The van der Waals surface area contributed by atoms with Crippen molar-refractivity contribution in [1.29, 1.82) is 0 Å². The fourth-order valence-corrected chi connectivity index (χ4v) is 4.95. The first kappa shape index (κ1) is 23.3. The van der Waals surface area contributed by atoms with Crippen LogP contribution in [0, 0.1) is 10.1 Å². The van der Waals surface area contributed by atoms with Gasteiger partial charge in [0.25, 0.3) is 5.69 Å². The van der Waals surface area contributed by atoms with Crippen LogP contribution in [0.4, 0.5) is 23.1 Å². The van der Waals surface area contributed by atoms with E-state index in [0.717, 1.165) is 11.1 Å². The highest BCUT2D eigenvalue weighted by molar-refractivity contribution is 5.86. The first-order valence-electron chi connectivity index (χ1n) is 11.8. The number of aromatic nitrogens is 6. The van der Waals surface area contributed by atoms with E-state index in [1.54, 1.807) is 47.7 Å². The number of imidazole rings is 1. The van der Waals surface area contributed by atoms with Crippen molar-refractivity contribution < 1.29 is 19.9 Å². The van der Waals surface area contributed by atoms with E-state index in [1.165, 1.54) is 12.4 Å². The molecule has 4 atom stereocenters. The molecular formula is C23H25N9O5. The molecule has 14 nitrogen and oxygen atoms in total. The second-order valence-corrected chi connectivity index (χ2v) is 9.30. The van der Waals surface area contributed by atoms with Crippen molar-refractivity contribution in [3.05, 3.63) is 58.2 Å². The predicted molar refractivity (Wildman–Crippen MR) is 131 cm³/mol. The number of nitrogens with zero attached hydrogens (tertiary/aromatic N) is 8. The van der Waals surface area contributed by atoms with Crippen LogP contribution in [0.25, 0.3) is 11.2 Å². The molecule has 1 fully saturated rings. The molecule has 0 spiro atoms. The summed E-state index contributed by atoms with van der Waals surface area (Å²) in [7, 11) is 1.79. The van der Waals surface area contributed by atoms with Crippen molar-refractivity contribution in [3.63, 3.8) is 0 Å². The van der Waals surface area contributed by atoms with Crippen molar-refractivity contribution in [2.24, 2.45) is 7.05 Å². The van der Waals surface area contributed by atoms with Gasteiger partial charge >= 0.3 is 0 Å². The Balaban J connectivity index is 1.44. The highest BCUT2D eigenvalue weighted by Gasteiger charge is 2.43. The second-order valence-electron chi connectivity index (χ2n) is 9.30. The third kappa shape index (κ3) is 3.94. The number of fused-ring (bicyclic) bond motifs is 2. The predicted octanol–water partition coefficient (Wildman–Crippen LogP) is 1.41. The summed E-state index contributed by atoms with van der Waals surface area (Å²) in [6.45, 7) is 2.74. The van der Waals surface area contributed by atoms with Gasteiger partial charge in [-0.3, -0.25) is 19.4 Å². The maximum atomic E-state index is 11.3. The van der Waals surface area contributed by atoms with Crippen molar-refractivity contribution in [2.75, 3.05) is 16.8 Å². The van der Waals surface area contributed by atoms with Gasteiger partial charge < -0.3 is 25.2 Å². The summed E-state index contributed by atoms with van der Waals surface area (Å²) in [6, 6.07) is 4.92. The molecule has 0 saturated carbocycles. The maximum Gasteiger partial charge on any atom is 0.269 e. The van der Waals surface area contributed by atoms with Crippen LogP contribution in [0.2, 0.25) is 0 Å². The molecule has 37 heavy (non-hydrogen) atoms. The number of hydrogen-bond acceptors (Lipinski definition) is 11. The topological polar surface area (TPSA) is 170 Å². The van der Waals surface area contributed by atoms with Crippen LogP contribution in [0.15, 0.2) is 36.9 Å². The van der Waals surface area contributed by atoms with Crippen LogP contribution < -0.4 is 10.2 Å². The van der Waals surface area contributed by atoms with E-state index < -0.39 is 29.5 Å². The van der Waals surface area contributed by atoms with Gasteiger partial charge in [0.05, 0.1) is 22.9 Å². The number of benzene rings is 1. The van der Waals surface area contributed by atoms with Crippen LogP contribution in [-0.4, -0.2) is 69.3 Å². The molecule has 6 rings (SSSR count). The van der Waals surface area contributed by atoms with E-state index in [4.69, 9.17) is 9.72 Å². The average Bonchev–Trinajstić information content (AvgIpc) is 3.54. The van der Waals surface area contributed by atoms with Gasteiger partial charge in [-0.2, -0.15) is 5.10 Å². The molecule has 0 amide bonds. The minimum atomic E-state index is -1.21. The molecule has 1 saturated heterocycles. The molecular weight excluding hydrogens is 482 g/mol. The van der Waals surface area contributed by atoms with Crippen LogP contribution in [0.5, 0.6) is 0 Å². The number of aryl methyl sites for hydroxylation is 1. The summed E-state index contributed by atoms with van der Waals surface area (Å²) in [6.07, 6.45) is 1.68.